The van der Waals surface area contributed by atoms with Crippen LogP contribution < -0.4 is 10.1 Å². The van der Waals surface area contributed by atoms with E-state index >= 15 is 0 Å². The Morgan fingerprint density at radius 3 is 2.54 bits per heavy atom. The molecule has 1 aliphatic heterocycles. The zero-order chi connectivity index (χ0) is 27.6. The van der Waals surface area contributed by atoms with Crippen molar-refractivity contribution in [3.63, 3.8) is 0 Å². The first-order chi connectivity index (χ1) is 18.7. The van der Waals surface area contributed by atoms with Gasteiger partial charge in [0.1, 0.15) is 24.1 Å². The molecule has 1 N–H and O–H groups in total. The molecule has 1 aliphatic rings. The first-order valence-corrected chi connectivity index (χ1v) is 12.9. The summed E-state index contributed by atoms with van der Waals surface area (Å²) in [5.74, 6) is 0.659. The molecule has 204 valence electrons. The van der Waals surface area contributed by atoms with E-state index in [1.54, 1.807) is 39.9 Å². The molecule has 5 rings (SSSR count). The minimum absolute atomic E-state index is 0.325. The number of halogens is 2. The van der Waals surface area contributed by atoms with Crippen LogP contribution in [0, 0.1) is 0 Å². The van der Waals surface area contributed by atoms with Crippen LogP contribution in [0.5, 0.6) is 5.75 Å². The molecule has 3 heterocycles. The van der Waals surface area contributed by atoms with Gasteiger partial charge < -0.3 is 14.8 Å². The first kappa shape index (κ1) is 26.4. The molecule has 4 aromatic rings. The van der Waals surface area contributed by atoms with Gasteiger partial charge in [0.25, 0.3) is 6.43 Å². The van der Waals surface area contributed by atoms with Crippen LogP contribution in [0.25, 0.3) is 16.8 Å². The number of benzene rings is 2. The number of aromatic nitrogens is 3. The van der Waals surface area contributed by atoms with Crippen LogP contribution in [0.4, 0.5) is 19.5 Å². The third-order valence-corrected chi connectivity index (χ3v) is 6.36. The third-order valence-electron chi connectivity index (χ3n) is 6.36. The monoisotopic (exact) mass is 535 g/mol. The van der Waals surface area contributed by atoms with Crippen LogP contribution in [0.3, 0.4) is 0 Å². The van der Waals surface area contributed by atoms with Crippen molar-refractivity contribution in [2.24, 2.45) is 0 Å². The van der Waals surface area contributed by atoms with Crippen molar-refractivity contribution < 1.29 is 23.0 Å². The second-order valence-corrected chi connectivity index (χ2v) is 10.4. The van der Waals surface area contributed by atoms with Crippen LogP contribution in [0.15, 0.2) is 66.9 Å². The number of para-hydroxylation sites is 1. The van der Waals surface area contributed by atoms with Gasteiger partial charge >= 0.3 is 6.09 Å². The average Bonchev–Trinajstić information content (AvgIpc) is 3.20. The number of pyridine rings is 1. The Bertz CT molecular complexity index is 1470. The average molecular weight is 536 g/mol. The van der Waals surface area contributed by atoms with Crippen molar-refractivity contribution in [1.29, 1.82) is 0 Å². The Hall–Kier alpha value is -4.21. The van der Waals surface area contributed by atoms with Crippen molar-refractivity contribution >= 4 is 17.7 Å². The molecule has 39 heavy (non-hydrogen) atoms. The highest BCUT2D eigenvalue weighted by molar-refractivity contribution is 5.81. The van der Waals surface area contributed by atoms with Gasteiger partial charge in [-0.3, -0.25) is 4.90 Å². The van der Waals surface area contributed by atoms with E-state index in [-0.39, 0.29) is 0 Å². The molecule has 2 aromatic carbocycles. The van der Waals surface area contributed by atoms with Crippen LogP contribution >= 0.6 is 0 Å². The Morgan fingerprint density at radius 2 is 1.77 bits per heavy atom. The van der Waals surface area contributed by atoms with Gasteiger partial charge in [-0.25, -0.2) is 18.1 Å². The number of anilines is 1. The van der Waals surface area contributed by atoms with Gasteiger partial charge in [0.05, 0.1) is 0 Å². The predicted octanol–water partition coefficient (Wildman–Crippen LogP) is 5.81. The number of rotatable bonds is 6. The van der Waals surface area contributed by atoms with E-state index in [2.05, 4.69) is 22.5 Å². The fourth-order valence-corrected chi connectivity index (χ4v) is 4.68. The molecule has 0 radical (unpaired) electrons. The van der Waals surface area contributed by atoms with Gasteiger partial charge in [-0.2, -0.15) is 4.98 Å². The molecule has 0 spiro atoms. The molecule has 10 heteroatoms. The number of hydrogen-bond donors (Lipinski definition) is 1. The zero-order valence-corrected chi connectivity index (χ0v) is 22.1. The van der Waals surface area contributed by atoms with E-state index in [1.807, 2.05) is 45.0 Å². The maximum absolute atomic E-state index is 13.2. The number of carbonyl (C=O) groups is 1. The van der Waals surface area contributed by atoms with Crippen LogP contribution in [0.2, 0.25) is 0 Å². The lowest BCUT2D eigenvalue weighted by molar-refractivity contribution is 0.0192. The van der Waals surface area contributed by atoms with Crippen LogP contribution in [-0.4, -0.2) is 56.9 Å². The van der Waals surface area contributed by atoms with Gasteiger partial charge in [-0.15, -0.1) is 5.10 Å². The van der Waals surface area contributed by atoms with Crippen LogP contribution in [-0.2, 0) is 17.6 Å². The third kappa shape index (κ3) is 6.10. The molecule has 1 atom stereocenters. The van der Waals surface area contributed by atoms with E-state index in [9.17, 15) is 13.6 Å². The predicted molar refractivity (Wildman–Crippen MR) is 144 cm³/mol. The lowest BCUT2D eigenvalue weighted by Crippen LogP contribution is -2.48. The van der Waals surface area contributed by atoms with Gasteiger partial charge in [0.15, 0.2) is 5.65 Å². The summed E-state index contributed by atoms with van der Waals surface area (Å²) in [6, 6.07) is 18.8. The number of nitrogens with zero attached hydrogens (tertiary/aromatic N) is 4. The van der Waals surface area contributed by atoms with E-state index in [0.717, 1.165) is 5.56 Å². The summed E-state index contributed by atoms with van der Waals surface area (Å²) in [5, 5.41) is 7.96. The molecular weight excluding hydrogens is 504 g/mol. The minimum Gasteiger partial charge on any atom is -0.487 e. The van der Waals surface area contributed by atoms with E-state index < -0.39 is 30.9 Å². The summed E-state index contributed by atoms with van der Waals surface area (Å²) >= 11 is 0. The van der Waals surface area contributed by atoms with Gasteiger partial charge in [0, 0.05) is 30.3 Å². The molecule has 2 aromatic heterocycles. The summed E-state index contributed by atoms with van der Waals surface area (Å²) in [6.45, 7) is 5.29. The van der Waals surface area contributed by atoms with Crippen molar-refractivity contribution in [2.45, 2.75) is 51.8 Å². The SMILES string of the molecule is CC(C)(C)OC(=O)N1CCc2ccccc2CC1Nc1nc2c(-c3ccccc3OCC(F)F)cccn2n1. The summed E-state index contributed by atoms with van der Waals surface area (Å²) in [6.07, 6.45) is -0.453. The van der Waals surface area contributed by atoms with E-state index in [0.29, 0.717) is 47.9 Å². The minimum atomic E-state index is -2.59. The topological polar surface area (TPSA) is 81.0 Å². The number of fused-ring (bicyclic) bond motifs is 2. The Kier molecular flexibility index (Phi) is 7.36. The number of ether oxygens (including phenoxy) is 2. The normalized spacial score (nSPS) is 15.6. The molecule has 0 aliphatic carbocycles. The zero-order valence-electron chi connectivity index (χ0n) is 22.1. The highest BCUT2D eigenvalue weighted by atomic mass is 19.3. The maximum atomic E-state index is 13.2. The Balaban J connectivity index is 1.48. The van der Waals surface area contributed by atoms with Crippen molar-refractivity contribution in [3.8, 4) is 16.9 Å². The lowest BCUT2D eigenvalue weighted by atomic mass is 10.0. The lowest BCUT2D eigenvalue weighted by Gasteiger charge is -2.32. The Morgan fingerprint density at radius 1 is 1.05 bits per heavy atom. The second-order valence-electron chi connectivity index (χ2n) is 10.4. The highest BCUT2D eigenvalue weighted by Gasteiger charge is 2.32. The molecule has 0 saturated carbocycles. The number of alkyl halides is 2. The first-order valence-electron chi connectivity index (χ1n) is 12.9. The number of carbonyl (C=O) groups excluding carboxylic acids is 1. The summed E-state index contributed by atoms with van der Waals surface area (Å²) < 4.78 is 38.4. The van der Waals surface area contributed by atoms with Crippen LogP contribution in [0.1, 0.15) is 31.9 Å². The second kappa shape index (κ2) is 10.9. The molecule has 0 saturated heterocycles. The van der Waals surface area contributed by atoms with Gasteiger partial charge in [-0.1, -0.05) is 42.5 Å². The molecule has 0 fully saturated rings. The molecule has 0 bridgehead atoms. The fraction of sp³-hybridized carbons (Fsp3) is 0.345. The van der Waals surface area contributed by atoms with Gasteiger partial charge in [-0.05, 0) is 56.5 Å². The smallest absolute Gasteiger partial charge is 0.411 e. The standard InChI is InChI=1S/C29H31F2N5O3/c1-29(2,3)39-28(37)35-16-14-19-9-4-5-10-20(19)17-25(35)32-27-33-26-22(12-8-15-36(26)34-27)21-11-6-7-13-23(21)38-18-24(30)31/h4-13,15,24-25H,14,16-18H2,1-3H3,(H,32,34). The highest BCUT2D eigenvalue weighted by Crippen LogP contribution is 2.33. The molecule has 1 unspecified atom stereocenters. The number of nitrogens with one attached hydrogen (secondary N) is 1. The van der Waals surface area contributed by atoms with Crippen molar-refractivity contribution in [3.05, 3.63) is 78.0 Å². The van der Waals surface area contributed by atoms with E-state index in [1.165, 1.54) is 5.56 Å². The van der Waals surface area contributed by atoms with Crippen molar-refractivity contribution in [1.82, 2.24) is 19.5 Å². The largest absolute Gasteiger partial charge is 0.487 e. The molecule has 1 amide bonds. The molecule has 8 nitrogen and oxygen atoms in total. The quantitative estimate of drug-likeness (QED) is 0.335. The van der Waals surface area contributed by atoms with Crippen molar-refractivity contribution in [2.75, 3.05) is 18.5 Å². The Labute approximate surface area is 225 Å². The summed E-state index contributed by atoms with van der Waals surface area (Å²) in [7, 11) is 0. The van der Waals surface area contributed by atoms with Gasteiger partial charge in [0.2, 0.25) is 5.95 Å². The summed E-state index contributed by atoms with van der Waals surface area (Å²) in [5.41, 5.74) is 3.50. The van der Waals surface area contributed by atoms with E-state index in [4.69, 9.17) is 14.5 Å². The maximum Gasteiger partial charge on any atom is 0.411 e. The fourth-order valence-electron chi connectivity index (χ4n) is 4.68. The molecular formula is C29H31F2N5O3. The number of hydrogen-bond acceptors (Lipinski definition) is 6. The summed E-state index contributed by atoms with van der Waals surface area (Å²) in [4.78, 5) is 19.6. The number of amides is 1.